The van der Waals surface area contributed by atoms with Gasteiger partial charge in [-0.15, -0.1) is 0 Å². The molecule has 0 heterocycles. The highest BCUT2D eigenvalue weighted by molar-refractivity contribution is 9.10. The fraction of sp³-hybridized carbons (Fsp3) is 0.300. The smallest absolute Gasteiger partial charge is 0.0662 e. The van der Waals surface area contributed by atoms with Gasteiger partial charge in [0.25, 0.3) is 0 Å². The van der Waals surface area contributed by atoms with Gasteiger partial charge in [-0.25, -0.2) is 0 Å². The van der Waals surface area contributed by atoms with Crippen LogP contribution >= 0.6 is 15.9 Å². The molecular weight excluding hydrogens is 214 g/mol. The van der Waals surface area contributed by atoms with Crippen molar-refractivity contribution in [1.82, 2.24) is 0 Å². The Hall–Kier alpha value is -0.810. The molecule has 0 aliphatic heterocycles. The van der Waals surface area contributed by atoms with Gasteiger partial charge in [-0.3, -0.25) is 0 Å². The fourth-order valence-corrected chi connectivity index (χ4v) is 1.68. The maximum atomic E-state index is 8.63. The first-order valence-electron chi connectivity index (χ1n) is 3.96. The molecule has 0 amide bonds. The van der Waals surface area contributed by atoms with Crippen molar-refractivity contribution >= 4 is 15.9 Å². The van der Waals surface area contributed by atoms with Crippen molar-refractivity contribution < 1.29 is 0 Å². The average Bonchev–Trinajstić information content (AvgIpc) is 2.85. The molecule has 60 valence electrons. The van der Waals surface area contributed by atoms with Crippen molar-refractivity contribution in [3.8, 4) is 6.07 Å². The third-order valence-corrected chi connectivity index (χ3v) is 2.78. The summed E-state index contributed by atoms with van der Waals surface area (Å²) >= 11 is 3.38. The van der Waals surface area contributed by atoms with Crippen molar-refractivity contribution in [1.29, 1.82) is 5.26 Å². The van der Waals surface area contributed by atoms with Crippen LogP contribution in [0.3, 0.4) is 0 Å². The third-order valence-electron chi connectivity index (χ3n) is 2.25. The van der Waals surface area contributed by atoms with E-state index in [0.717, 1.165) is 10.9 Å². The standard InChI is InChI=1S/C10H8BrN/c11-9-3-1-7(2-4-9)10-5-8(10)6-12/h1-4,8,10H,5H2/t8-,10+/m0/s1. The molecule has 1 fully saturated rings. The molecule has 1 aliphatic carbocycles. The van der Waals surface area contributed by atoms with Crippen molar-refractivity contribution in [2.24, 2.45) is 5.92 Å². The Labute approximate surface area is 80.1 Å². The Balaban J connectivity index is 2.17. The topological polar surface area (TPSA) is 23.8 Å². The second-order valence-corrected chi connectivity index (χ2v) is 4.05. The van der Waals surface area contributed by atoms with Gasteiger partial charge in [0.05, 0.1) is 12.0 Å². The van der Waals surface area contributed by atoms with E-state index in [9.17, 15) is 0 Å². The highest BCUT2D eigenvalue weighted by Crippen LogP contribution is 2.46. The molecular formula is C10H8BrN. The molecule has 0 radical (unpaired) electrons. The second-order valence-electron chi connectivity index (χ2n) is 3.13. The van der Waals surface area contributed by atoms with Crippen molar-refractivity contribution in [2.75, 3.05) is 0 Å². The lowest BCUT2D eigenvalue weighted by atomic mass is 10.1. The average molecular weight is 222 g/mol. The molecule has 0 N–H and O–H groups in total. The molecule has 2 heteroatoms. The molecule has 0 aromatic heterocycles. The maximum Gasteiger partial charge on any atom is 0.0662 e. The van der Waals surface area contributed by atoms with Gasteiger partial charge in [0, 0.05) is 10.4 Å². The number of benzene rings is 1. The van der Waals surface area contributed by atoms with Crippen LogP contribution in [0.4, 0.5) is 0 Å². The van der Waals surface area contributed by atoms with Gasteiger partial charge < -0.3 is 0 Å². The molecule has 1 aromatic rings. The molecule has 0 spiro atoms. The fourth-order valence-electron chi connectivity index (χ4n) is 1.42. The molecule has 0 bridgehead atoms. The minimum Gasteiger partial charge on any atom is -0.198 e. The second kappa shape index (κ2) is 2.91. The minimum atomic E-state index is 0.270. The van der Waals surface area contributed by atoms with E-state index in [-0.39, 0.29) is 5.92 Å². The highest BCUT2D eigenvalue weighted by Gasteiger charge is 2.38. The van der Waals surface area contributed by atoms with Crippen molar-refractivity contribution in [2.45, 2.75) is 12.3 Å². The predicted octanol–water partition coefficient (Wildman–Crippen LogP) is 3.08. The first kappa shape index (κ1) is 7.82. The summed E-state index contributed by atoms with van der Waals surface area (Å²) in [5, 5.41) is 8.63. The van der Waals surface area contributed by atoms with Crippen LogP contribution in [0.1, 0.15) is 17.9 Å². The molecule has 12 heavy (non-hydrogen) atoms. The molecule has 1 aliphatic rings. The van der Waals surface area contributed by atoms with Crippen LogP contribution in [-0.4, -0.2) is 0 Å². The summed E-state index contributed by atoms with van der Waals surface area (Å²) in [4.78, 5) is 0. The van der Waals surface area contributed by atoms with Crippen LogP contribution in [0.25, 0.3) is 0 Å². The van der Waals surface area contributed by atoms with E-state index in [1.165, 1.54) is 5.56 Å². The Bertz CT molecular complexity index is 323. The number of nitriles is 1. The van der Waals surface area contributed by atoms with E-state index in [1.54, 1.807) is 0 Å². The first-order valence-corrected chi connectivity index (χ1v) is 4.75. The van der Waals surface area contributed by atoms with Crippen LogP contribution in [0.15, 0.2) is 28.7 Å². The van der Waals surface area contributed by atoms with Gasteiger partial charge in [-0.1, -0.05) is 28.1 Å². The van der Waals surface area contributed by atoms with Crippen LogP contribution in [0.2, 0.25) is 0 Å². The number of hydrogen-bond donors (Lipinski definition) is 0. The van der Waals surface area contributed by atoms with E-state index in [1.807, 2.05) is 12.1 Å². The predicted molar refractivity (Wildman–Crippen MR) is 50.6 cm³/mol. The lowest BCUT2D eigenvalue weighted by molar-refractivity contribution is 1.02. The van der Waals surface area contributed by atoms with Crippen LogP contribution in [0, 0.1) is 17.2 Å². The molecule has 1 aromatic carbocycles. The molecule has 1 nitrogen and oxygen atoms in total. The Kier molecular flexibility index (Phi) is 1.90. The number of hydrogen-bond acceptors (Lipinski definition) is 1. The van der Waals surface area contributed by atoms with Crippen LogP contribution in [0.5, 0.6) is 0 Å². The number of halogens is 1. The Morgan fingerprint density at radius 1 is 1.33 bits per heavy atom. The normalized spacial score (nSPS) is 26.3. The van der Waals surface area contributed by atoms with Crippen molar-refractivity contribution in [3.05, 3.63) is 34.3 Å². The van der Waals surface area contributed by atoms with Crippen molar-refractivity contribution in [3.63, 3.8) is 0 Å². The first-order chi connectivity index (χ1) is 5.81. The summed E-state index contributed by atoms with van der Waals surface area (Å²) in [6.45, 7) is 0. The highest BCUT2D eigenvalue weighted by atomic mass is 79.9. The van der Waals surface area contributed by atoms with Gasteiger partial charge in [0.2, 0.25) is 0 Å². The quantitative estimate of drug-likeness (QED) is 0.716. The molecule has 0 saturated heterocycles. The third kappa shape index (κ3) is 1.37. The Morgan fingerprint density at radius 2 is 2.00 bits per heavy atom. The Morgan fingerprint density at radius 3 is 2.50 bits per heavy atom. The maximum absolute atomic E-state index is 8.63. The lowest BCUT2D eigenvalue weighted by Gasteiger charge is -1.96. The van der Waals surface area contributed by atoms with Gasteiger partial charge in [0.1, 0.15) is 0 Å². The summed E-state index contributed by atoms with van der Waals surface area (Å²) in [6, 6.07) is 10.5. The van der Waals surface area contributed by atoms with Gasteiger partial charge in [0.15, 0.2) is 0 Å². The minimum absolute atomic E-state index is 0.270. The largest absolute Gasteiger partial charge is 0.198 e. The molecule has 2 atom stereocenters. The summed E-state index contributed by atoms with van der Waals surface area (Å²) in [5.41, 5.74) is 1.30. The van der Waals surface area contributed by atoms with Crippen LogP contribution < -0.4 is 0 Å². The summed E-state index contributed by atoms with van der Waals surface area (Å²) in [7, 11) is 0. The number of rotatable bonds is 1. The molecule has 1 saturated carbocycles. The van der Waals surface area contributed by atoms with E-state index >= 15 is 0 Å². The summed E-state index contributed by atoms with van der Waals surface area (Å²) in [6.07, 6.45) is 1.04. The van der Waals surface area contributed by atoms with Gasteiger partial charge in [-0.05, 0) is 24.1 Å². The molecule has 0 unspecified atom stereocenters. The van der Waals surface area contributed by atoms with E-state index in [4.69, 9.17) is 5.26 Å². The zero-order valence-corrected chi connectivity index (χ0v) is 8.08. The van der Waals surface area contributed by atoms with E-state index in [2.05, 4.69) is 34.1 Å². The van der Waals surface area contributed by atoms with Gasteiger partial charge in [-0.2, -0.15) is 5.26 Å². The SMILES string of the molecule is N#C[C@@H]1C[C@@H]1c1ccc(Br)cc1. The summed E-state index contributed by atoms with van der Waals surface area (Å²) in [5.74, 6) is 0.772. The lowest BCUT2D eigenvalue weighted by Crippen LogP contribution is -1.80. The van der Waals surface area contributed by atoms with E-state index < -0.39 is 0 Å². The monoisotopic (exact) mass is 221 g/mol. The van der Waals surface area contributed by atoms with Crippen LogP contribution in [-0.2, 0) is 0 Å². The number of nitrogens with zero attached hydrogens (tertiary/aromatic N) is 1. The zero-order valence-electron chi connectivity index (χ0n) is 6.50. The van der Waals surface area contributed by atoms with E-state index in [0.29, 0.717) is 5.92 Å². The molecule has 2 rings (SSSR count). The summed E-state index contributed by atoms with van der Waals surface area (Å²) < 4.78 is 1.10. The van der Waals surface area contributed by atoms with Gasteiger partial charge >= 0.3 is 0 Å². The zero-order chi connectivity index (χ0) is 8.55.